The molecule has 36 heavy (non-hydrogen) atoms. The van der Waals surface area contributed by atoms with Gasteiger partial charge in [-0.15, -0.1) is 6.58 Å². The van der Waals surface area contributed by atoms with Crippen molar-refractivity contribution in [3.8, 4) is 0 Å². The van der Waals surface area contributed by atoms with E-state index >= 15 is 0 Å². The highest BCUT2D eigenvalue weighted by molar-refractivity contribution is 5.99. The van der Waals surface area contributed by atoms with Gasteiger partial charge in [0, 0.05) is 12.6 Å². The Balaban J connectivity index is 2.17. The van der Waals surface area contributed by atoms with E-state index in [1.807, 2.05) is 27.7 Å². The summed E-state index contributed by atoms with van der Waals surface area (Å²) in [5.74, 6) is -2.75. The van der Waals surface area contributed by atoms with Gasteiger partial charge in [-0.2, -0.15) is 0 Å². The van der Waals surface area contributed by atoms with Crippen LogP contribution < -0.4 is 0 Å². The highest BCUT2D eigenvalue weighted by Crippen LogP contribution is 2.65. The van der Waals surface area contributed by atoms with Crippen molar-refractivity contribution in [2.75, 3.05) is 19.8 Å². The normalized spacial score (nSPS) is 32.4. The maximum atomic E-state index is 14.4. The van der Waals surface area contributed by atoms with Crippen LogP contribution in [0.5, 0.6) is 0 Å². The third-order valence-electron chi connectivity index (χ3n) is 8.61. The van der Waals surface area contributed by atoms with Crippen molar-refractivity contribution >= 4 is 17.8 Å². The Kier molecular flexibility index (Phi) is 8.71. The van der Waals surface area contributed by atoms with Crippen molar-refractivity contribution in [3.05, 3.63) is 25.3 Å². The number of amides is 2. The second-order valence-electron chi connectivity index (χ2n) is 10.9. The first-order valence-corrected chi connectivity index (χ1v) is 13.4. The minimum Gasteiger partial charge on any atom is -0.461 e. The number of rotatable bonds is 13. The fourth-order valence-electron chi connectivity index (χ4n) is 6.86. The standard InChI is InChI=1S/C28H44N2O6/c1-8-12-19(7)29(15-9-2)25(33)23-28-14-13-27(11-4,36-28)22(26(34)35-16-10-3)21(28)24(32)30(23)20(17-31)18(5)6/h9-10,18-23,31H,2-3,8,11-17H2,1,4-7H3/t19?,20-,21-,22+,23?,27-,28?/m0/s1. The topological polar surface area (TPSA) is 96.4 Å². The summed E-state index contributed by atoms with van der Waals surface area (Å²) in [7, 11) is 0. The Morgan fingerprint density at radius 1 is 1.25 bits per heavy atom. The summed E-state index contributed by atoms with van der Waals surface area (Å²) in [4.78, 5) is 45.3. The zero-order valence-corrected chi connectivity index (χ0v) is 22.6. The van der Waals surface area contributed by atoms with Gasteiger partial charge in [0.25, 0.3) is 0 Å². The number of hydrogen-bond acceptors (Lipinski definition) is 6. The molecule has 0 saturated carbocycles. The van der Waals surface area contributed by atoms with E-state index in [2.05, 4.69) is 20.1 Å². The molecule has 2 bridgehead atoms. The number of carbonyl (C=O) groups is 3. The lowest BCUT2D eigenvalue weighted by Gasteiger charge is -2.42. The van der Waals surface area contributed by atoms with Crippen molar-refractivity contribution in [2.24, 2.45) is 17.8 Å². The fraction of sp³-hybridized carbons (Fsp3) is 0.750. The molecule has 3 aliphatic rings. The van der Waals surface area contributed by atoms with E-state index in [1.54, 1.807) is 15.9 Å². The minimum atomic E-state index is -1.14. The number of aliphatic hydroxyl groups excluding tert-OH is 1. The highest BCUT2D eigenvalue weighted by atomic mass is 16.6. The molecule has 3 heterocycles. The summed E-state index contributed by atoms with van der Waals surface area (Å²) in [5.41, 5.74) is -2.00. The number of carbonyl (C=O) groups excluding carboxylic acids is 3. The maximum absolute atomic E-state index is 14.4. The Morgan fingerprint density at radius 2 is 1.94 bits per heavy atom. The van der Waals surface area contributed by atoms with E-state index in [-0.39, 0.29) is 37.0 Å². The molecule has 8 heteroatoms. The average Bonchev–Trinajstić information content (AvgIpc) is 3.45. The number of likely N-dealkylation sites (tertiary alicyclic amines) is 1. The molecule has 3 unspecified atom stereocenters. The molecule has 1 N–H and O–H groups in total. The van der Waals surface area contributed by atoms with Gasteiger partial charge < -0.3 is 24.4 Å². The lowest BCUT2D eigenvalue weighted by molar-refractivity contribution is -0.164. The number of esters is 1. The number of fused-ring (bicyclic) bond motifs is 1. The van der Waals surface area contributed by atoms with Gasteiger partial charge in [0.05, 0.1) is 24.2 Å². The van der Waals surface area contributed by atoms with Crippen LogP contribution in [0.2, 0.25) is 0 Å². The molecule has 0 aromatic rings. The third kappa shape index (κ3) is 4.30. The van der Waals surface area contributed by atoms with Crippen LogP contribution in [-0.2, 0) is 23.9 Å². The summed E-state index contributed by atoms with van der Waals surface area (Å²) in [5, 5.41) is 10.3. The van der Waals surface area contributed by atoms with Gasteiger partial charge in [0.2, 0.25) is 11.8 Å². The van der Waals surface area contributed by atoms with Crippen LogP contribution in [0.4, 0.5) is 0 Å². The number of nitrogens with zero attached hydrogens (tertiary/aromatic N) is 2. The first-order valence-electron chi connectivity index (χ1n) is 13.4. The van der Waals surface area contributed by atoms with E-state index < -0.39 is 41.1 Å². The molecular weight excluding hydrogens is 460 g/mol. The fourth-order valence-corrected chi connectivity index (χ4v) is 6.86. The van der Waals surface area contributed by atoms with Crippen LogP contribution in [0, 0.1) is 17.8 Å². The number of hydrogen-bond donors (Lipinski definition) is 1. The van der Waals surface area contributed by atoms with Crippen LogP contribution in [-0.4, -0.2) is 81.8 Å². The van der Waals surface area contributed by atoms with Gasteiger partial charge in [0.1, 0.15) is 24.2 Å². The average molecular weight is 505 g/mol. The second-order valence-corrected chi connectivity index (χ2v) is 10.9. The predicted molar refractivity (Wildman–Crippen MR) is 137 cm³/mol. The molecule has 0 aromatic heterocycles. The molecule has 3 saturated heterocycles. The summed E-state index contributed by atoms with van der Waals surface area (Å²) in [6, 6.07) is -1.57. The Hall–Kier alpha value is -2.19. The quantitative estimate of drug-likeness (QED) is 0.306. The van der Waals surface area contributed by atoms with Gasteiger partial charge >= 0.3 is 5.97 Å². The number of ether oxygens (including phenoxy) is 2. The molecule has 0 aromatic carbocycles. The van der Waals surface area contributed by atoms with Crippen molar-refractivity contribution in [2.45, 2.75) is 96.1 Å². The van der Waals surface area contributed by atoms with E-state index in [0.717, 1.165) is 12.8 Å². The molecule has 3 fully saturated rings. The molecule has 0 radical (unpaired) electrons. The van der Waals surface area contributed by atoms with Crippen LogP contribution in [0.1, 0.15) is 66.7 Å². The van der Waals surface area contributed by atoms with Crippen molar-refractivity contribution in [1.29, 1.82) is 0 Å². The second kappa shape index (κ2) is 11.1. The Bertz CT molecular complexity index is 874. The van der Waals surface area contributed by atoms with E-state index in [9.17, 15) is 19.5 Å². The highest BCUT2D eigenvalue weighted by Gasteiger charge is 2.79. The number of aliphatic hydroxyl groups is 1. The van der Waals surface area contributed by atoms with E-state index in [1.165, 1.54) is 6.08 Å². The lowest BCUT2D eigenvalue weighted by Crippen LogP contribution is -2.60. The van der Waals surface area contributed by atoms with Crippen LogP contribution >= 0.6 is 0 Å². The molecule has 2 amide bonds. The third-order valence-corrected chi connectivity index (χ3v) is 8.61. The first kappa shape index (κ1) is 28.4. The largest absolute Gasteiger partial charge is 0.461 e. The van der Waals surface area contributed by atoms with Crippen molar-refractivity contribution in [1.82, 2.24) is 9.80 Å². The van der Waals surface area contributed by atoms with Gasteiger partial charge in [-0.25, -0.2) is 0 Å². The lowest BCUT2D eigenvalue weighted by atomic mass is 9.65. The van der Waals surface area contributed by atoms with Crippen LogP contribution in [0.15, 0.2) is 25.3 Å². The zero-order chi connectivity index (χ0) is 26.8. The maximum Gasteiger partial charge on any atom is 0.313 e. The molecule has 3 aliphatic heterocycles. The van der Waals surface area contributed by atoms with Crippen molar-refractivity contribution < 1.29 is 29.0 Å². The summed E-state index contributed by atoms with van der Waals surface area (Å²) >= 11 is 0. The van der Waals surface area contributed by atoms with Crippen LogP contribution in [0.3, 0.4) is 0 Å². The molecule has 7 atom stereocenters. The van der Waals surface area contributed by atoms with Gasteiger partial charge in [0.15, 0.2) is 0 Å². The summed E-state index contributed by atoms with van der Waals surface area (Å²) in [6.45, 7) is 17.4. The van der Waals surface area contributed by atoms with Crippen molar-refractivity contribution in [3.63, 3.8) is 0 Å². The molecular formula is C28H44N2O6. The molecule has 8 nitrogen and oxygen atoms in total. The SMILES string of the molecule is C=CCOC(=O)[C@H]1[C@H]2C(=O)N([C@@H](CO)C(C)C)C(C(=O)N(CC=C)C(C)CCC)C23CC[C@]1(CC)O3. The Labute approximate surface area is 215 Å². The zero-order valence-electron chi connectivity index (χ0n) is 22.6. The minimum absolute atomic E-state index is 0.0437. The van der Waals surface area contributed by atoms with Gasteiger partial charge in [-0.3, -0.25) is 14.4 Å². The molecule has 3 rings (SSSR count). The first-order chi connectivity index (χ1) is 17.1. The summed E-state index contributed by atoms with van der Waals surface area (Å²) in [6.07, 6.45) is 6.50. The van der Waals surface area contributed by atoms with Crippen LogP contribution in [0.25, 0.3) is 0 Å². The smallest absolute Gasteiger partial charge is 0.313 e. The van der Waals surface area contributed by atoms with Gasteiger partial charge in [-0.05, 0) is 38.5 Å². The summed E-state index contributed by atoms with van der Waals surface area (Å²) < 4.78 is 12.2. The molecule has 202 valence electrons. The van der Waals surface area contributed by atoms with E-state index in [0.29, 0.717) is 25.8 Å². The van der Waals surface area contributed by atoms with E-state index in [4.69, 9.17) is 9.47 Å². The Morgan fingerprint density at radius 3 is 2.47 bits per heavy atom. The monoisotopic (exact) mass is 504 g/mol. The molecule has 0 aliphatic carbocycles. The molecule has 1 spiro atoms. The van der Waals surface area contributed by atoms with Gasteiger partial charge in [-0.1, -0.05) is 52.8 Å². The predicted octanol–water partition coefficient (Wildman–Crippen LogP) is 3.09.